The normalized spacial score (nSPS) is 19.3. The number of nitriles is 1. The molecule has 0 aliphatic carbocycles. The number of likely N-dealkylation sites (N-methyl/N-ethyl adjacent to an activating group) is 1. The van der Waals surface area contributed by atoms with Gasteiger partial charge < -0.3 is 9.64 Å². The van der Waals surface area contributed by atoms with Gasteiger partial charge >= 0.3 is 0 Å². The molecule has 196 valence electrons. The number of hydrogen-bond acceptors (Lipinski definition) is 7. The summed E-state index contributed by atoms with van der Waals surface area (Å²) in [5.41, 5.74) is 3.45. The second-order valence-electron chi connectivity index (χ2n) is 10.9. The van der Waals surface area contributed by atoms with E-state index in [1.54, 1.807) is 10.7 Å². The molecule has 0 amide bonds. The Morgan fingerprint density at radius 2 is 1.92 bits per heavy atom. The zero-order chi connectivity index (χ0) is 26.0. The number of pyridine rings is 2. The van der Waals surface area contributed by atoms with Gasteiger partial charge in [0.1, 0.15) is 17.6 Å². The van der Waals surface area contributed by atoms with Crippen LogP contribution in [0.3, 0.4) is 0 Å². The van der Waals surface area contributed by atoms with Crippen molar-refractivity contribution in [2.45, 2.75) is 46.1 Å². The highest BCUT2D eigenvalue weighted by atomic mass is 16.5. The highest BCUT2D eigenvalue weighted by Gasteiger charge is 2.33. The molecule has 0 radical (unpaired) electrons. The first-order valence-corrected chi connectivity index (χ1v) is 13.6. The first kappa shape index (κ1) is 25.5. The zero-order valence-corrected chi connectivity index (χ0v) is 22.7. The van der Waals surface area contributed by atoms with Crippen LogP contribution in [0.4, 0.5) is 5.82 Å². The van der Waals surface area contributed by atoms with Gasteiger partial charge in [0.2, 0.25) is 0 Å². The third-order valence-corrected chi connectivity index (χ3v) is 8.07. The molecule has 0 N–H and O–H groups in total. The van der Waals surface area contributed by atoms with Crippen molar-refractivity contribution in [3.8, 4) is 22.9 Å². The molecule has 2 aliphatic heterocycles. The Balaban J connectivity index is 1.24. The summed E-state index contributed by atoms with van der Waals surface area (Å²) in [6, 6.07) is 8.44. The van der Waals surface area contributed by atoms with Gasteiger partial charge in [-0.3, -0.25) is 9.80 Å². The Morgan fingerprint density at radius 3 is 2.57 bits per heavy atom. The van der Waals surface area contributed by atoms with E-state index in [0.717, 1.165) is 60.3 Å². The number of piperidine rings is 1. The lowest BCUT2D eigenvalue weighted by Crippen LogP contribution is -2.59. The number of piperazine rings is 1. The number of rotatable bonds is 7. The molecule has 8 heteroatoms. The Bertz CT molecular complexity index is 1250. The summed E-state index contributed by atoms with van der Waals surface area (Å²) < 4.78 is 7.47. The molecule has 3 aromatic heterocycles. The molecule has 0 spiro atoms. The number of hydrogen-bond donors (Lipinski definition) is 0. The Labute approximate surface area is 220 Å². The van der Waals surface area contributed by atoms with E-state index >= 15 is 0 Å². The van der Waals surface area contributed by atoms with Crippen molar-refractivity contribution >= 4 is 11.3 Å². The molecule has 2 saturated heterocycles. The van der Waals surface area contributed by atoms with Crippen LogP contribution in [0, 0.1) is 17.2 Å². The van der Waals surface area contributed by atoms with E-state index in [1.807, 2.05) is 25.4 Å². The minimum atomic E-state index is 0.262. The molecule has 0 unspecified atom stereocenters. The maximum atomic E-state index is 9.59. The van der Waals surface area contributed by atoms with Crippen LogP contribution < -0.4 is 9.64 Å². The predicted octanol–water partition coefficient (Wildman–Crippen LogP) is 4.30. The van der Waals surface area contributed by atoms with E-state index < -0.39 is 0 Å². The monoisotopic (exact) mass is 501 g/mol. The summed E-state index contributed by atoms with van der Waals surface area (Å²) in [5.74, 6) is 2.49. The van der Waals surface area contributed by atoms with Gasteiger partial charge in [-0.2, -0.15) is 10.4 Å². The van der Waals surface area contributed by atoms with Gasteiger partial charge in [-0.15, -0.1) is 0 Å². The molecule has 3 aromatic rings. The van der Waals surface area contributed by atoms with Crippen molar-refractivity contribution in [2.75, 3.05) is 57.3 Å². The van der Waals surface area contributed by atoms with Gasteiger partial charge in [0.25, 0.3) is 0 Å². The van der Waals surface area contributed by atoms with Crippen molar-refractivity contribution in [3.05, 3.63) is 42.4 Å². The van der Waals surface area contributed by atoms with Gasteiger partial charge in [0, 0.05) is 62.1 Å². The zero-order valence-electron chi connectivity index (χ0n) is 22.7. The summed E-state index contributed by atoms with van der Waals surface area (Å²) in [6.45, 7) is 17.5. The van der Waals surface area contributed by atoms with Crippen molar-refractivity contribution in [3.63, 3.8) is 0 Å². The van der Waals surface area contributed by atoms with Crippen LogP contribution in [0.25, 0.3) is 16.6 Å². The van der Waals surface area contributed by atoms with E-state index in [4.69, 9.17) is 9.72 Å². The maximum Gasteiger partial charge on any atom is 0.138 e. The van der Waals surface area contributed by atoms with Crippen molar-refractivity contribution in [2.24, 2.45) is 5.92 Å². The fourth-order valence-electron chi connectivity index (χ4n) is 6.12. The summed E-state index contributed by atoms with van der Waals surface area (Å²) >= 11 is 0. The second kappa shape index (κ2) is 10.7. The Kier molecular flexibility index (Phi) is 7.36. The molecule has 37 heavy (non-hydrogen) atoms. The van der Waals surface area contributed by atoms with Gasteiger partial charge in [0.15, 0.2) is 0 Å². The van der Waals surface area contributed by atoms with Crippen LogP contribution in [-0.2, 0) is 0 Å². The van der Waals surface area contributed by atoms with Crippen LogP contribution >= 0.6 is 0 Å². The molecule has 0 bridgehead atoms. The minimum absolute atomic E-state index is 0.262. The smallest absolute Gasteiger partial charge is 0.138 e. The Hall–Kier alpha value is -3.15. The lowest BCUT2D eigenvalue weighted by Gasteiger charge is -2.48. The molecular weight excluding hydrogens is 462 g/mol. The fraction of sp³-hybridized carbons (Fsp3) is 0.552. The number of nitrogens with zero attached hydrogens (tertiary/aromatic N) is 7. The van der Waals surface area contributed by atoms with Crippen LogP contribution in [0.1, 0.15) is 46.1 Å². The van der Waals surface area contributed by atoms with Crippen molar-refractivity contribution < 1.29 is 4.74 Å². The number of fused-ring (bicyclic) bond motifs is 1. The number of ether oxygens (including phenoxy) is 1. The lowest BCUT2D eigenvalue weighted by molar-refractivity contribution is 0.0154. The minimum Gasteiger partial charge on any atom is -0.492 e. The Morgan fingerprint density at radius 1 is 1.11 bits per heavy atom. The van der Waals surface area contributed by atoms with E-state index in [0.29, 0.717) is 12.2 Å². The van der Waals surface area contributed by atoms with E-state index in [9.17, 15) is 5.26 Å². The quantitative estimate of drug-likeness (QED) is 0.478. The largest absolute Gasteiger partial charge is 0.492 e. The highest BCUT2D eigenvalue weighted by Crippen LogP contribution is 2.32. The number of aromatic nitrogens is 3. The van der Waals surface area contributed by atoms with Crippen LogP contribution in [0.5, 0.6) is 5.75 Å². The third-order valence-electron chi connectivity index (χ3n) is 8.07. The molecular formula is C29H39N7O. The molecule has 8 nitrogen and oxygen atoms in total. The van der Waals surface area contributed by atoms with Crippen LogP contribution in [0.2, 0.25) is 0 Å². The molecule has 0 saturated carbocycles. The summed E-state index contributed by atoms with van der Waals surface area (Å²) in [6.07, 6.45) is 7.74. The van der Waals surface area contributed by atoms with Crippen LogP contribution in [-0.4, -0.2) is 82.4 Å². The second-order valence-corrected chi connectivity index (χ2v) is 10.9. The molecule has 5 heterocycles. The predicted molar refractivity (Wildman–Crippen MR) is 147 cm³/mol. The molecule has 2 aliphatic rings. The van der Waals surface area contributed by atoms with E-state index in [1.165, 1.54) is 32.5 Å². The third kappa shape index (κ3) is 5.29. The molecule has 0 atom stereocenters. The standard InChI is InChI=1S/C29H39N7O/c1-5-35-14-13-33(21-29(35,3)4)19-22-9-11-34(12-10-22)27-8-7-23(17-31-27)26-15-25(37-6-2)20-36-28(26)24(16-30)18-32-36/h7-8,15,17-18,20,22H,5-6,9-14,19,21H2,1-4H3. The average molecular weight is 502 g/mol. The van der Waals surface area contributed by atoms with Crippen molar-refractivity contribution in [1.29, 1.82) is 5.26 Å². The fourth-order valence-corrected chi connectivity index (χ4v) is 6.12. The maximum absolute atomic E-state index is 9.59. The first-order valence-electron chi connectivity index (χ1n) is 13.6. The van der Waals surface area contributed by atoms with E-state index in [-0.39, 0.29) is 5.54 Å². The highest BCUT2D eigenvalue weighted by molar-refractivity contribution is 5.85. The molecule has 2 fully saturated rings. The topological polar surface area (TPSA) is 72.9 Å². The summed E-state index contributed by atoms with van der Waals surface area (Å²) in [4.78, 5) is 12.5. The van der Waals surface area contributed by atoms with Gasteiger partial charge in [0.05, 0.1) is 30.1 Å². The first-order chi connectivity index (χ1) is 17.9. The van der Waals surface area contributed by atoms with E-state index in [2.05, 4.69) is 58.8 Å². The van der Waals surface area contributed by atoms with Crippen LogP contribution in [0.15, 0.2) is 36.8 Å². The molecule has 0 aromatic carbocycles. The number of anilines is 1. The van der Waals surface area contributed by atoms with Gasteiger partial charge in [-0.1, -0.05) is 6.92 Å². The van der Waals surface area contributed by atoms with Gasteiger partial charge in [-0.05, 0) is 64.3 Å². The van der Waals surface area contributed by atoms with Crippen molar-refractivity contribution in [1.82, 2.24) is 24.4 Å². The lowest BCUT2D eigenvalue weighted by atomic mass is 9.93. The average Bonchev–Trinajstić information content (AvgIpc) is 3.32. The SMILES string of the molecule is CCOc1cc(-c2ccc(N3CCC(CN4CCN(CC)C(C)(C)C4)CC3)nc2)c2c(C#N)cnn2c1. The molecule has 5 rings (SSSR count). The summed E-state index contributed by atoms with van der Waals surface area (Å²) in [7, 11) is 0. The summed E-state index contributed by atoms with van der Waals surface area (Å²) in [5, 5.41) is 13.9. The van der Waals surface area contributed by atoms with Gasteiger partial charge in [-0.25, -0.2) is 9.50 Å².